The average molecular weight is 177 g/mol. The van der Waals surface area contributed by atoms with E-state index in [4.69, 9.17) is 5.84 Å². The molecule has 0 aliphatic rings. The molecule has 0 aliphatic carbocycles. The summed E-state index contributed by atoms with van der Waals surface area (Å²) < 4.78 is 0. The normalized spacial score (nSPS) is 12.5. The number of nitrogens with one attached hydrogen (secondary N) is 1. The summed E-state index contributed by atoms with van der Waals surface area (Å²) in [7, 11) is 0. The van der Waals surface area contributed by atoms with E-state index < -0.39 is 0 Å². The number of aromatic nitrogens is 1. The van der Waals surface area contributed by atoms with Crippen molar-refractivity contribution in [1.82, 2.24) is 10.4 Å². The Morgan fingerprint density at radius 1 is 1.77 bits per heavy atom. The number of rotatable bonds is 4. The third-order valence-corrected chi connectivity index (χ3v) is 2.02. The van der Waals surface area contributed by atoms with Crippen molar-refractivity contribution >= 4 is 0 Å². The number of nitrogens with zero attached hydrogens (tertiary/aromatic N) is 1. The van der Waals surface area contributed by atoms with E-state index in [1.165, 1.54) is 5.56 Å². The summed E-state index contributed by atoms with van der Waals surface area (Å²) in [6.07, 6.45) is 4.47. The molecule has 0 radical (unpaired) electrons. The van der Waals surface area contributed by atoms with Crippen LogP contribution in [0, 0.1) is 0 Å². The molecule has 1 unspecified atom stereocenters. The molecule has 3 N–H and O–H groups in total. The highest BCUT2D eigenvalue weighted by Crippen LogP contribution is 2.15. The van der Waals surface area contributed by atoms with Gasteiger partial charge in [0.25, 0.3) is 0 Å². The first-order valence-electron chi connectivity index (χ1n) is 4.36. The summed E-state index contributed by atoms with van der Waals surface area (Å²) in [6, 6.07) is 3.92. The molecule has 0 spiro atoms. The van der Waals surface area contributed by atoms with Crippen LogP contribution >= 0.6 is 0 Å². The second-order valence-corrected chi connectivity index (χ2v) is 2.78. The van der Waals surface area contributed by atoms with Crippen molar-refractivity contribution in [3.63, 3.8) is 0 Å². The summed E-state index contributed by atoms with van der Waals surface area (Å²) in [4.78, 5) is 4.28. The highest BCUT2D eigenvalue weighted by atomic mass is 15.2. The van der Waals surface area contributed by atoms with Gasteiger partial charge in [-0.3, -0.25) is 10.8 Å². The molecular weight excluding hydrogens is 162 g/mol. The zero-order valence-corrected chi connectivity index (χ0v) is 7.83. The molecule has 3 heteroatoms. The number of nitrogens with two attached hydrogens (primary N) is 1. The molecule has 0 saturated carbocycles. The zero-order valence-electron chi connectivity index (χ0n) is 7.83. The lowest BCUT2D eigenvalue weighted by Gasteiger charge is -2.13. The van der Waals surface area contributed by atoms with E-state index in [9.17, 15) is 0 Å². The molecule has 13 heavy (non-hydrogen) atoms. The van der Waals surface area contributed by atoms with Crippen LogP contribution < -0.4 is 11.3 Å². The number of hydrazine groups is 1. The minimum absolute atomic E-state index is 0.0591. The molecule has 0 aromatic carbocycles. The van der Waals surface area contributed by atoms with Gasteiger partial charge in [-0.2, -0.15) is 0 Å². The van der Waals surface area contributed by atoms with E-state index in [0.717, 1.165) is 12.1 Å². The second-order valence-electron chi connectivity index (χ2n) is 2.78. The SMILES string of the molecule is C=CC(NN)c1ncccc1CC. The molecule has 0 bridgehead atoms. The van der Waals surface area contributed by atoms with Crippen molar-refractivity contribution in [3.8, 4) is 0 Å². The van der Waals surface area contributed by atoms with Gasteiger partial charge in [-0.1, -0.05) is 19.1 Å². The largest absolute Gasteiger partial charge is 0.271 e. The first kappa shape index (κ1) is 9.89. The van der Waals surface area contributed by atoms with Gasteiger partial charge in [-0.15, -0.1) is 6.58 Å². The van der Waals surface area contributed by atoms with Gasteiger partial charge in [0, 0.05) is 6.20 Å². The molecule has 1 rings (SSSR count). The quantitative estimate of drug-likeness (QED) is 0.414. The third-order valence-electron chi connectivity index (χ3n) is 2.02. The van der Waals surface area contributed by atoms with Crippen LogP contribution in [-0.2, 0) is 6.42 Å². The van der Waals surface area contributed by atoms with E-state index in [1.807, 2.05) is 6.07 Å². The van der Waals surface area contributed by atoms with Crippen molar-refractivity contribution in [3.05, 3.63) is 42.2 Å². The van der Waals surface area contributed by atoms with Gasteiger partial charge < -0.3 is 0 Å². The predicted molar refractivity (Wildman–Crippen MR) is 53.9 cm³/mol. The van der Waals surface area contributed by atoms with Gasteiger partial charge in [0.05, 0.1) is 11.7 Å². The molecule has 0 saturated heterocycles. The number of hydrogen-bond acceptors (Lipinski definition) is 3. The summed E-state index contributed by atoms with van der Waals surface area (Å²) >= 11 is 0. The van der Waals surface area contributed by atoms with Crippen molar-refractivity contribution in [1.29, 1.82) is 0 Å². The Bertz CT molecular complexity index is 283. The van der Waals surface area contributed by atoms with E-state index in [1.54, 1.807) is 12.3 Å². The standard InChI is InChI=1S/C10H15N3/c1-3-8-6-5-7-12-10(8)9(4-2)13-11/h4-7,9,13H,2-3,11H2,1H3. The van der Waals surface area contributed by atoms with Crippen LogP contribution in [0.2, 0.25) is 0 Å². The lowest BCUT2D eigenvalue weighted by molar-refractivity contribution is 0.633. The van der Waals surface area contributed by atoms with Gasteiger partial charge in [0.15, 0.2) is 0 Å². The highest BCUT2D eigenvalue weighted by molar-refractivity contribution is 5.25. The van der Waals surface area contributed by atoms with Crippen molar-refractivity contribution < 1.29 is 0 Å². The fourth-order valence-corrected chi connectivity index (χ4v) is 1.29. The molecule has 1 aromatic heterocycles. The lowest BCUT2D eigenvalue weighted by atomic mass is 10.1. The molecule has 1 atom stereocenters. The summed E-state index contributed by atoms with van der Waals surface area (Å²) in [5.74, 6) is 5.38. The van der Waals surface area contributed by atoms with Crippen LogP contribution in [0.1, 0.15) is 24.2 Å². The maximum Gasteiger partial charge on any atom is 0.0812 e. The Kier molecular flexibility index (Phi) is 3.61. The molecule has 0 fully saturated rings. The van der Waals surface area contributed by atoms with E-state index in [0.29, 0.717) is 0 Å². The molecule has 70 valence electrons. The fourth-order valence-electron chi connectivity index (χ4n) is 1.29. The maximum absolute atomic E-state index is 5.38. The zero-order chi connectivity index (χ0) is 9.68. The van der Waals surface area contributed by atoms with Gasteiger partial charge >= 0.3 is 0 Å². The Morgan fingerprint density at radius 2 is 2.54 bits per heavy atom. The summed E-state index contributed by atoms with van der Waals surface area (Å²) in [6.45, 7) is 5.80. The molecule has 3 nitrogen and oxygen atoms in total. The molecule has 0 amide bonds. The first-order chi connectivity index (χ1) is 6.33. The maximum atomic E-state index is 5.38. The monoisotopic (exact) mass is 177 g/mol. The van der Waals surface area contributed by atoms with E-state index in [-0.39, 0.29) is 6.04 Å². The van der Waals surface area contributed by atoms with Gasteiger partial charge in [-0.05, 0) is 18.1 Å². The Hall–Kier alpha value is -1.19. The van der Waals surface area contributed by atoms with Crippen LogP contribution in [0.5, 0.6) is 0 Å². The van der Waals surface area contributed by atoms with Gasteiger partial charge in [0.1, 0.15) is 0 Å². The number of aryl methyl sites for hydroxylation is 1. The fraction of sp³-hybridized carbons (Fsp3) is 0.300. The summed E-state index contributed by atoms with van der Waals surface area (Å²) in [5, 5.41) is 0. The van der Waals surface area contributed by atoms with E-state index in [2.05, 4.69) is 30.0 Å². The minimum atomic E-state index is -0.0591. The van der Waals surface area contributed by atoms with Crippen LogP contribution in [0.3, 0.4) is 0 Å². The van der Waals surface area contributed by atoms with Crippen LogP contribution in [-0.4, -0.2) is 4.98 Å². The highest BCUT2D eigenvalue weighted by Gasteiger charge is 2.09. The number of hydrogen-bond donors (Lipinski definition) is 2. The van der Waals surface area contributed by atoms with Crippen molar-refractivity contribution in [2.75, 3.05) is 0 Å². The van der Waals surface area contributed by atoms with Gasteiger partial charge in [0.2, 0.25) is 0 Å². The number of pyridine rings is 1. The van der Waals surface area contributed by atoms with Crippen molar-refractivity contribution in [2.24, 2.45) is 5.84 Å². The van der Waals surface area contributed by atoms with Crippen molar-refractivity contribution in [2.45, 2.75) is 19.4 Å². The van der Waals surface area contributed by atoms with Crippen LogP contribution in [0.25, 0.3) is 0 Å². The lowest BCUT2D eigenvalue weighted by Crippen LogP contribution is -2.27. The topological polar surface area (TPSA) is 50.9 Å². The van der Waals surface area contributed by atoms with Gasteiger partial charge in [-0.25, -0.2) is 5.43 Å². The smallest absolute Gasteiger partial charge is 0.0812 e. The van der Waals surface area contributed by atoms with Crippen LogP contribution in [0.15, 0.2) is 31.0 Å². The minimum Gasteiger partial charge on any atom is -0.271 e. The Morgan fingerprint density at radius 3 is 3.08 bits per heavy atom. The molecule has 0 aliphatic heterocycles. The Balaban J connectivity index is 3.03. The van der Waals surface area contributed by atoms with E-state index >= 15 is 0 Å². The molecule has 1 aromatic rings. The third kappa shape index (κ3) is 2.14. The molecule has 1 heterocycles. The predicted octanol–water partition coefficient (Wildman–Crippen LogP) is 1.33. The second kappa shape index (κ2) is 4.74. The average Bonchev–Trinajstić information content (AvgIpc) is 2.20. The van der Waals surface area contributed by atoms with Crippen LogP contribution in [0.4, 0.5) is 0 Å². The Labute approximate surface area is 78.6 Å². The summed E-state index contributed by atoms with van der Waals surface area (Å²) in [5.41, 5.74) is 4.82. The molecular formula is C10H15N3. The first-order valence-corrected chi connectivity index (χ1v) is 4.36.